The van der Waals surface area contributed by atoms with Gasteiger partial charge in [0, 0.05) is 47.8 Å². The van der Waals surface area contributed by atoms with Crippen LogP contribution in [0.15, 0.2) is 42.7 Å². The van der Waals surface area contributed by atoms with Gasteiger partial charge in [-0.05, 0) is 82.5 Å². The summed E-state index contributed by atoms with van der Waals surface area (Å²) in [6, 6.07) is 7.71. The molecule has 0 bridgehead atoms. The molecular formula is C28H34F3N7O. The Labute approximate surface area is 226 Å². The zero-order chi connectivity index (χ0) is 28.7. The Bertz CT molecular complexity index is 1430. The number of hydrogen-bond acceptors (Lipinski definition) is 6. The van der Waals surface area contributed by atoms with Gasteiger partial charge in [0.25, 0.3) is 5.91 Å². The summed E-state index contributed by atoms with van der Waals surface area (Å²) < 4.78 is 43.3. The molecule has 0 fully saturated rings. The summed E-state index contributed by atoms with van der Waals surface area (Å²) in [6.45, 7) is 11.4. The summed E-state index contributed by atoms with van der Waals surface area (Å²) in [5.74, 6) is -0.512. The van der Waals surface area contributed by atoms with Crippen molar-refractivity contribution < 1.29 is 18.0 Å². The molecule has 0 saturated carbocycles. The minimum atomic E-state index is -4.55. The van der Waals surface area contributed by atoms with Gasteiger partial charge in [0.1, 0.15) is 0 Å². The van der Waals surface area contributed by atoms with Crippen molar-refractivity contribution in [3.8, 4) is 0 Å². The van der Waals surface area contributed by atoms with E-state index in [2.05, 4.69) is 26.7 Å². The number of halogens is 3. The second-order valence-electron chi connectivity index (χ2n) is 10.8. The molecule has 1 aliphatic rings. The molecule has 11 heteroatoms. The van der Waals surface area contributed by atoms with Crippen molar-refractivity contribution >= 4 is 23.0 Å². The Balaban J connectivity index is 1.61. The maximum absolute atomic E-state index is 13.8. The Morgan fingerprint density at radius 3 is 2.41 bits per heavy atom. The third-order valence-electron chi connectivity index (χ3n) is 6.71. The van der Waals surface area contributed by atoms with Crippen LogP contribution in [0.25, 0.3) is 5.70 Å². The molecule has 208 valence electrons. The number of hydrazine groups is 2. The number of aryl methyl sites for hydroxylation is 2. The number of aromatic nitrogens is 2. The van der Waals surface area contributed by atoms with Crippen LogP contribution in [0.2, 0.25) is 0 Å². The Morgan fingerprint density at radius 2 is 1.79 bits per heavy atom. The zero-order valence-corrected chi connectivity index (χ0v) is 23.1. The summed E-state index contributed by atoms with van der Waals surface area (Å²) in [7, 11) is 1.86. The average molecular weight is 542 g/mol. The van der Waals surface area contributed by atoms with E-state index in [9.17, 15) is 18.0 Å². The van der Waals surface area contributed by atoms with Gasteiger partial charge in [0.15, 0.2) is 0 Å². The highest BCUT2D eigenvalue weighted by molar-refractivity contribution is 6.05. The van der Waals surface area contributed by atoms with Crippen molar-refractivity contribution in [3.63, 3.8) is 0 Å². The van der Waals surface area contributed by atoms with Crippen LogP contribution in [0.5, 0.6) is 0 Å². The lowest BCUT2D eigenvalue weighted by Gasteiger charge is -2.23. The molecule has 0 saturated heterocycles. The van der Waals surface area contributed by atoms with E-state index in [1.165, 1.54) is 6.92 Å². The fourth-order valence-corrected chi connectivity index (χ4v) is 4.24. The van der Waals surface area contributed by atoms with Crippen LogP contribution in [0.4, 0.5) is 24.5 Å². The number of nitrogens with zero attached hydrogens (tertiary/aromatic N) is 3. The topological polar surface area (TPSA) is 86.2 Å². The average Bonchev–Trinajstić information content (AvgIpc) is 3.45. The highest BCUT2D eigenvalue weighted by atomic mass is 19.4. The molecule has 1 aliphatic heterocycles. The summed E-state index contributed by atoms with van der Waals surface area (Å²) in [4.78, 5) is 13.2. The smallest absolute Gasteiger partial charge is 0.322 e. The molecule has 2 heterocycles. The zero-order valence-electron chi connectivity index (χ0n) is 23.1. The number of alkyl halides is 3. The van der Waals surface area contributed by atoms with Crippen molar-refractivity contribution in [1.29, 1.82) is 0 Å². The standard InChI is InChI=1S/C28H34F3N7O/c1-16-8-9-19(11-25(16)38-15-24(35-36-38)22-14-33-37(7)18(22)3)26(39)34-21-10-20(13-32-27(4,5)6)17(2)23(12-21)28(29,30)31/h8-12,14-15,32,35-36H,13H2,1-7H3,(H,34,39). The number of anilines is 2. The number of nitrogens with one attached hydrogen (secondary N) is 4. The second-order valence-corrected chi connectivity index (χ2v) is 10.8. The molecule has 3 aromatic rings. The first-order valence-electron chi connectivity index (χ1n) is 12.5. The number of carbonyl (C=O) groups excluding carboxylic acids is 1. The Hall–Kier alpha value is -3.83. The van der Waals surface area contributed by atoms with Crippen LogP contribution in [0, 0.1) is 20.8 Å². The summed E-state index contributed by atoms with van der Waals surface area (Å²) in [5.41, 5.74) is 10.4. The third-order valence-corrected chi connectivity index (χ3v) is 6.71. The molecule has 39 heavy (non-hydrogen) atoms. The monoisotopic (exact) mass is 541 g/mol. The number of rotatable bonds is 6. The van der Waals surface area contributed by atoms with Crippen molar-refractivity contribution in [3.05, 3.63) is 81.8 Å². The van der Waals surface area contributed by atoms with Gasteiger partial charge in [-0.25, -0.2) is 0 Å². The maximum atomic E-state index is 13.8. The minimum absolute atomic E-state index is 0.0842. The van der Waals surface area contributed by atoms with E-state index in [0.717, 1.165) is 28.6 Å². The molecule has 0 spiro atoms. The van der Waals surface area contributed by atoms with Gasteiger partial charge < -0.3 is 16.1 Å². The number of carbonyl (C=O) groups is 1. The lowest BCUT2D eigenvalue weighted by atomic mass is 9.99. The van der Waals surface area contributed by atoms with E-state index in [1.54, 1.807) is 40.2 Å². The molecule has 0 aliphatic carbocycles. The first kappa shape index (κ1) is 28.2. The summed E-state index contributed by atoms with van der Waals surface area (Å²) in [5, 5.41) is 11.9. The maximum Gasteiger partial charge on any atom is 0.416 e. The van der Waals surface area contributed by atoms with E-state index in [-0.39, 0.29) is 23.3 Å². The summed E-state index contributed by atoms with van der Waals surface area (Å²) in [6.07, 6.45) is -0.931. The van der Waals surface area contributed by atoms with E-state index >= 15 is 0 Å². The quantitative estimate of drug-likeness (QED) is 0.338. The van der Waals surface area contributed by atoms with Crippen LogP contribution < -0.4 is 26.6 Å². The molecule has 0 radical (unpaired) electrons. The molecule has 0 atom stereocenters. The van der Waals surface area contributed by atoms with Gasteiger partial charge in [0.2, 0.25) is 0 Å². The van der Waals surface area contributed by atoms with E-state index in [4.69, 9.17) is 0 Å². The van der Waals surface area contributed by atoms with E-state index in [1.807, 2.05) is 47.9 Å². The molecule has 2 aromatic carbocycles. The normalized spacial score (nSPS) is 13.9. The molecule has 1 amide bonds. The van der Waals surface area contributed by atoms with Crippen LogP contribution in [0.1, 0.15) is 64.6 Å². The third kappa shape index (κ3) is 6.26. The fourth-order valence-electron chi connectivity index (χ4n) is 4.24. The molecule has 4 rings (SSSR count). The van der Waals surface area contributed by atoms with Gasteiger partial charge >= 0.3 is 6.18 Å². The van der Waals surface area contributed by atoms with Crippen LogP contribution in [-0.4, -0.2) is 21.2 Å². The Kier molecular flexibility index (Phi) is 7.50. The van der Waals surface area contributed by atoms with Crippen molar-refractivity contribution in [1.82, 2.24) is 26.1 Å². The van der Waals surface area contributed by atoms with Crippen LogP contribution >= 0.6 is 0 Å². The van der Waals surface area contributed by atoms with Gasteiger partial charge in [-0.2, -0.15) is 18.3 Å². The number of amides is 1. The van der Waals surface area contributed by atoms with E-state index in [0.29, 0.717) is 16.8 Å². The second kappa shape index (κ2) is 10.4. The van der Waals surface area contributed by atoms with Crippen molar-refractivity contribution in [2.24, 2.45) is 7.05 Å². The van der Waals surface area contributed by atoms with Crippen molar-refractivity contribution in [2.75, 3.05) is 10.3 Å². The van der Waals surface area contributed by atoms with Crippen LogP contribution in [0.3, 0.4) is 0 Å². The molecular weight excluding hydrogens is 507 g/mol. The van der Waals surface area contributed by atoms with Crippen molar-refractivity contribution in [2.45, 2.75) is 59.8 Å². The van der Waals surface area contributed by atoms with Gasteiger partial charge in [0.05, 0.1) is 23.1 Å². The Morgan fingerprint density at radius 1 is 1.08 bits per heavy atom. The van der Waals surface area contributed by atoms with E-state index < -0.39 is 17.6 Å². The van der Waals surface area contributed by atoms with Gasteiger partial charge in [-0.15, -0.1) is 5.53 Å². The molecule has 4 N–H and O–H groups in total. The number of benzene rings is 2. The van der Waals surface area contributed by atoms with Gasteiger partial charge in [-0.1, -0.05) is 6.07 Å². The first-order chi connectivity index (χ1) is 18.1. The number of hydrogen-bond donors (Lipinski definition) is 4. The van der Waals surface area contributed by atoms with Crippen LogP contribution in [-0.2, 0) is 19.8 Å². The minimum Gasteiger partial charge on any atom is -0.322 e. The highest BCUT2D eigenvalue weighted by Gasteiger charge is 2.34. The molecule has 8 nitrogen and oxygen atoms in total. The highest BCUT2D eigenvalue weighted by Crippen LogP contribution is 2.36. The molecule has 1 aromatic heterocycles. The molecule has 0 unspecified atom stereocenters. The lowest BCUT2D eigenvalue weighted by molar-refractivity contribution is -0.138. The first-order valence-corrected chi connectivity index (χ1v) is 12.5. The fraction of sp³-hybridized carbons (Fsp3) is 0.357. The van der Waals surface area contributed by atoms with Gasteiger partial charge in [-0.3, -0.25) is 14.5 Å². The lowest BCUT2D eigenvalue weighted by Crippen LogP contribution is -2.36. The predicted octanol–water partition coefficient (Wildman–Crippen LogP) is 5.33. The SMILES string of the molecule is Cc1ccc(C(=O)Nc2cc(CNC(C)(C)C)c(C)c(C(F)(F)F)c2)cc1N1C=C(c2cnn(C)c2C)NN1. The summed E-state index contributed by atoms with van der Waals surface area (Å²) >= 11 is 0. The largest absolute Gasteiger partial charge is 0.416 e. The predicted molar refractivity (Wildman–Crippen MR) is 147 cm³/mol.